The highest BCUT2D eigenvalue weighted by Crippen LogP contribution is 2.17. The molecule has 1 heterocycles. The monoisotopic (exact) mass is 360 g/mol. The summed E-state index contributed by atoms with van der Waals surface area (Å²) < 4.78 is 7.03. The minimum Gasteiger partial charge on any atom is -0.482 e. The molecule has 0 fully saturated rings. The largest absolute Gasteiger partial charge is 0.482 e. The molecule has 0 unspecified atom stereocenters. The zero-order valence-corrected chi connectivity index (χ0v) is 14.5. The van der Waals surface area contributed by atoms with Gasteiger partial charge in [-0.3, -0.25) is 9.59 Å². The minimum absolute atomic E-state index is 0.197. The standard InChI is InChI=1S/C20H16N4O3/c1-24-11-10-22-20(24)19(26)14-6-8-16(9-7-14)23-18(25)13-27-17-5-3-2-4-15(17)12-21/h2-11H,13H2,1H3,(H,23,25). The molecule has 0 atom stereocenters. The lowest BCUT2D eigenvalue weighted by Crippen LogP contribution is -2.20. The van der Waals surface area contributed by atoms with Gasteiger partial charge in [0, 0.05) is 30.7 Å². The first-order valence-electron chi connectivity index (χ1n) is 8.12. The SMILES string of the molecule is Cn1ccnc1C(=O)c1ccc(NC(=O)COc2ccccc2C#N)cc1. The Balaban J connectivity index is 1.60. The molecular formula is C20H16N4O3. The van der Waals surface area contributed by atoms with Crippen molar-refractivity contribution in [2.24, 2.45) is 7.05 Å². The second kappa shape index (κ2) is 7.97. The molecule has 0 aliphatic heterocycles. The van der Waals surface area contributed by atoms with Crippen molar-refractivity contribution >= 4 is 17.4 Å². The maximum atomic E-state index is 12.4. The van der Waals surface area contributed by atoms with Crippen LogP contribution in [0, 0.1) is 11.3 Å². The summed E-state index contributed by atoms with van der Waals surface area (Å²) in [6.45, 7) is -0.230. The molecule has 27 heavy (non-hydrogen) atoms. The molecule has 0 saturated heterocycles. The zero-order valence-electron chi connectivity index (χ0n) is 14.5. The van der Waals surface area contributed by atoms with Gasteiger partial charge in [0.05, 0.1) is 5.56 Å². The predicted molar refractivity (Wildman–Crippen MR) is 98.4 cm³/mol. The first-order chi connectivity index (χ1) is 13.1. The van der Waals surface area contributed by atoms with Crippen LogP contribution in [-0.2, 0) is 11.8 Å². The maximum absolute atomic E-state index is 12.4. The van der Waals surface area contributed by atoms with Crippen LogP contribution >= 0.6 is 0 Å². The van der Waals surface area contributed by atoms with Crippen molar-refractivity contribution in [1.82, 2.24) is 9.55 Å². The molecule has 0 bridgehead atoms. The van der Waals surface area contributed by atoms with E-state index >= 15 is 0 Å². The number of imidazole rings is 1. The molecule has 1 aromatic heterocycles. The number of ketones is 1. The number of para-hydroxylation sites is 1. The normalized spacial score (nSPS) is 10.1. The van der Waals surface area contributed by atoms with E-state index in [1.165, 1.54) is 0 Å². The molecule has 0 saturated carbocycles. The summed E-state index contributed by atoms with van der Waals surface area (Å²) in [6, 6.07) is 15.2. The molecule has 7 nitrogen and oxygen atoms in total. The van der Waals surface area contributed by atoms with Crippen LogP contribution in [0.4, 0.5) is 5.69 Å². The van der Waals surface area contributed by atoms with Crippen LogP contribution in [0.15, 0.2) is 60.9 Å². The fraction of sp³-hybridized carbons (Fsp3) is 0.100. The van der Waals surface area contributed by atoms with Crippen molar-refractivity contribution in [2.45, 2.75) is 0 Å². The Bertz CT molecular complexity index is 1020. The van der Waals surface area contributed by atoms with Crippen LogP contribution in [0.2, 0.25) is 0 Å². The third-order valence-corrected chi connectivity index (χ3v) is 3.82. The van der Waals surface area contributed by atoms with Crippen LogP contribution in [-0.4, -0.2) is 27.8 Å². The molecule has 3 rings (SSSR count). The van der Waals surface area contributed by atoms with Crippen LogP contribution in [0.5, 0.6) is 5.75 Å². The lowest BCUT2D eigenvalue weighted by atomic mass is 10.1. The van der Waals surface area contributed by atoms with Gasteiger partial charge in [0.15, 0.2) is 12.4 Å². The van der Waals surface area contributed by atoms with Crippen molar-refractivity contribution < 1.29 is 14.3 Å². The third kappa shape index (κ3) is 4.19. The highest BCUT2D eigenvalue weighted by Gasteiger charge is 2.14. The topological polar surface area (TPSA) is 97.0 Å². The van der Waals surface area contributed by atoms with Gasteiger partial charge in [0.25, 0.3) is 5.91 Å². The first-order valence-corrected chi connectivity index (χ1v) is 8.12. The van der Waals surface area contributed by atoms with Gasteiger partial charge in [-0.05, 0) is 36.4 Å². The van der Waals surface area contributed by atoms with E-state index < -0.39 is 0 Å². The third-order valence-electron chi connectivity index (χ3n) is 3.82. The summed E-state index contributed by atoms with van der Waals surface area (Å²) in [4.78, 5) is 28.4. The molecule has 0 aliphatic carbocycles. The number of nitrogens with one attached hydrogen (secondary N) is 1. The highest BCUT2D eigenvalue weighted by atomic mass is 16.5. The summed E-state index contributed by atoms with van der Waals surface area (Å²) in [5.74, 6) is 0.130. The summed E-state index contributed by atoms with van der Waals surface area (Å²) in [7, 11) is 1.75. The fourth-order valence-corrected chi connectivity index (χ4v) is 2.44. The molecule has 7 heteroatoms. The van der Waals surface area contributed by atoms with Crippen molar-refractivity contribution in [3.05, 3.63) is 77.9 Å². The predicted octanol–water partition coefficient (Wildman–Crippen LogP) is 2.54. The van der Waals surface area contributed by atoms with Gasteiger partial charge in [-0.15, -0.1) is 0 Å². The lowest BCUT2D eigenvalue weighted by Gasteiger charge is -2.09. The van der Waals surface area contributed by atoms with E-state index in [0.29, 0.717) is 28.4 Å². The second-order valence-electron chi connectivity index (χ2n) is 5.71. The second-order valence-corrected chi connectivity index (χ2v) is 5.71. The minimum atomic E-state index is -0.370. The number of hydrogen-bond donors (Lipinski definition) is 1. The summed E-state index contributed by atoms with van der Waals surface area (Å²) in [5.41, 5.74) is 1.37. The number of carbonyl (C=O) groups excluding carboxylic acids is 2. The average molecular weight is 360 g/mol. The van der Waals surface area contributed by atoms with Crippen LogP contribution in [0.25, 0.3) is 0 Å². The van der Waals surface area contributed by atoms with E-state index in [1.54, 1.807) is 72.5 Å². The summed E-state index contributed by atoms with van der Waals surface area (Å²) in [5, 5.41) is 11.7. The van der Waals surface area contributed by atoms with Gasteiger partial charge in [-0.1, -0.05) is 12.1 Å². The van der Waals surface area contributed by atoms with E-state index in [0.717, 1.165) is 0 Å². The average Bonchev–Trinajstić information content (AvgIpc) is 3.12. The number of benzene rings is 2. The Kier molecular flexibility index (Phi) is 5.28. The molecule has 1 N–H and O–H groups in total. The number of nitrogens with zero attached hydrogens (tertiary/aromatic N) is 3. The van der Waals surface area contributed by atoms with Crippen molar-refractivity contribution in [2.75, 3.05) is 11.9 Å². The number of aromatic nitrogens is 2. The van der Waals surface area contributed by atoms with E-state index in [9.17, 15) is 9.59 Å². The number of amides is 1. The number of hydrogen-bond acceptors (Lipinski definition) is 5. The molecular weight excluding hydrogens is 344 g/mol. The van der Waals surface area contributed by atoms with Gasteiger partial charge in [0.1, 0.15) is 11.8 Å². The maximum Gasteiger partial charge on any atom is 0.262 e. The summed E-state index contributed by atoms with van der Waals surface area (Å²) in [6.07, 6.45) is 3.26. The number of anilines is 1. The van der Waals surface area contributed by atoms with E-state index in [-0.39, 0.29) is 18.3 Å². The van der Waals surface area contributed by atoms with E-state index in [4.69, 9.17) is 10.00 Å². The molecule has 2 aromatic carbocycles. The van der Waals surface area contributed by atoms with E-state index in [2.05, 4.69) is 10.3 Å². The van der Waals surface area contributed by atoms with Crippen LogP contribution in [0.3, 0.4) is 0 Å². The zero-order chi connectivity index (χ0) is 19.2. The van der Waals surface area contributed by atoms with Crippen molar-refractivity contribution in [3.8, 4) is 11.8 Å². The Morgan fingerprint density at radius 3 is 2.59 bits per heavy atom. The molecule has 0 spiro atoms. The fourth-order valence-electron chi connectivity index (χ4n) is 2.44. The van der Waals surface area contributed by atoms with Crippen LogP contribution < -0.4 is 10.1 Å². The first kappa shape index (κ1) is 17.9. The van der Waals surface area contributed by atoms with E-state index in [1.807, 2.05) is 6.07 Å². The number of rotatable bonds is 6. The molecule has 3 aromatic rings. The molecule has 0 radical (unpaired) electrons. The number of ether oxygens (including phenoxy) is 1. The highest BCUT2D eigenvalue weighted by molar-refractivity contribution is 6.07. The number of aryl methyl sites for hydroxylation is 1. The number of carbonyl (C=O) groups is 2. The van der Waals surface area contributed by atoms with Gasteiger partial charge in [-0.25, -0.2) is 4.98 Å². The Morgan fingerprint density at radius 1 is 1.19 bits per heavy atom. The van der Waals surface area contributed by atoms with Crippen molar-refractivity contribution in [3.63, 3.8) is 0 Å². The van der Waals surface area contributed by atoms with Gasteiger partial charge in [0.2, 0.25) is 5.78 Å². The van der Waals surface area contributed by atoms with Crippen molar-refractivity contribution in [1.29, 1.82) is 5.26 Å². The van der Waals surface area contributed by atoms with Gasteiger partial charge in [-0.2, -0.15) is 5.26 Å². The number of nitriles is 1. The summed E-state index contributed by atoms with van der Waals surface area (Å²) >= 11 is 0. The molecule has 1 amide bonds. The smallest absolute Gasteiger partial charge is 0.262 e. The Morgan fingerprint density at radius 2 is 1.93 bits per heavy atom. The van der Waals surface area contributed by atoms with Gasteiger partial charge < -0.3 is 14.6 Å². The molecule has 134 valence electrons. The quantitative estimate of drug-likeness (QED) is 0.681. The Hall–Kier alpha value is -3.92. The lowest BCUT2D eigenvalue weighted by molar-refractivity contribution is -0.118. The molecule has 0 aliphatic rings. The Labute approximate surface area is 155 Å². The van der Waals surface area contributed by atoms with Gasteiger partial charge >= 0.3 is 0 Å². The van der Waals surface area contributed by atoms with Crippen LogP contribution in [0.1, 0.15) is 21.7 Å².